The molecule has 0 saturated heterocycles. The molecule has 2 N–H and O–H groups in total. The molecular weight excluding hydrogens is 320 g/mol. The molecule has 3 rings (SSSR count). The first-order valence-corrected chi connectivity index (χ1v) is 8.66. The molecule has 5 nitrogen and oxygen atoms in total. The van der Waals surface area contributed by atoms with E-state index >= 15 is 0 Å². The van der Waals surface area contributed by atoms with Crippen LogP contribution in [0.25, 0.3) is 10.2 Å². The summed E-state index contributed by atoms with van der Waals surface area (Å²) in [4.78, 5) is 29.6. The monoisotopic (exact) mass is 338 g/mol. The van der Waals surface area contributed by atoms with Gasteiger partial charge in [0.1, 0.15) is 10.9 Å². The number of hydrogen-bond acceptors (Lipinski definition) is 4. The Kier molecular flexibility index (Phi) is 3.94. The average molecular weight is 338 g/mol. The molecular formula is C15H18N2O3S2. The number of fused-ring (bicyclic) bond motifs is 3. The molecule has 0 aliphatic heterocycles. The molecule has 1 aliphatic rings. The fraction of sp³-hybridized carbons (Fsp3) is 0.533. The summed E-state index contributed by atoms with van der Waals surface area (Å²) in [6.45, 7) is 3.57. The normalized spacial score (nSPS) is 16.0. The van der Waals surface area contributed by atoms with Crippen LogP contribution in [0.3, 0.4) is 0 Å². The molecule has 0 radical (unpaired) electrons. The molecule has 1 atom stereocenters. The van der Waals surface area contributed by atoms with E-state index in [1.54, 1.807) is 25.2 Å². The van der Waals surface area contributed by atoms with Gasteiger partial charge < -0.3 is 10.1 Å². The molecule has 0 fully saturated rings. The zero-order chi connectivity index (χ0) is 16.0. The highest BCUT2D eigenvalue weighted by Crippen LogP contribution is 2.34. The third-order valence-electron chi connectivity index (χ3n) is 4.21. The fourth-order valence-corrected chi connectivity index (χ4v) is 4.84. The van der Waals surface area contributed by atoms with Crippen molar-refractivity contribution in [1.29, 1.82) is 0 Å². The molecule has 0 amide bonds. The van der Waals surface area contributed by atoms with Gasteiger partial charge in [-0.15, -0.1) is 11.3 Å². The van der Waals surface area contributed by atoms with Crippen LogP contribution >= 0.6 is 23.6 Å². The summed E-state index contributed by atoms with van der Waals surface area (Å²) in [7, 11) is 0. The smallest absolute Gasteiger partial charge is 0.327 e. The van der Waals surface area contributed by atoms with E-state index in [4.69, 9.17) is 12.2 Å². The molecule has 0 spiro atoms. The van der Waals surface area contributed by atoms with Gasteiger partial charge in [0, 0.05) is 4.88 Å². The first-order chi connectivity index (χ1) is 10.4. The highest BCUT2D eigenvalue weighted by Gasteiger charge is 2.28. The van der Waals surface area contributed by atoms with E-state index < -0.39 is 12.0 Å². The Morgan fingerprint density at radius 2 is 2.05 bits per heavy atom. The highest BCUT2D eigenvalue weighted by atomic mass is 32.1. The van der Waals surface area contributed by atoms with Crippen molar-refractivity contribution < 1.29 is 9.90 Å². The second-order valence-corrected chi connectivity index (χ2v) is 7.54. The number of nitrogens with zero attached hydrogens (tertiary/aromatic N) is 1. The van der Waals surface area contributed by atoms with Crippen LogP contribution in [-0.2, 0) is 17.6 Å². The van der Waals surface area contributed by atoms with Crippen LogP contribution in [0.2, 0.25) is 0 Å². The maximum Gasteiger partial charge on any atom is 0.327 e. The van der Waals surface area contributed by atoms with Crippen molar-refractivity contribution in [2.75, 3.05) is 0 Å². The number of rotatable bonds is 3. The lowest BCUT2D eigenvalue weighted by Crippen LogP contribution is -2.34. The van der Waals surface area contributed by atoms with Gasteiger partial charge in [0.15, 0.2) is 4.77 Å². The number of carboxylic acid groups (broad SMARTS) is 1. The first-order valence-electron chi connectivity index (χ1n) is 7.43. The standard InChI is InChI=1S/C15H18N2O3S2/c1-7(2)11(14(19)20)17-13(18)10-8-5-3-4-6-9(8)22-12(10)16-15(17)21/h7,11H,3-6H2,1-2H3,(H,16,21)(H,19,20)/t11-/m0/s1. The largest absolute Gasteiger partial charge is 0.480 e. The van der Waals surface area contributed by atoms with E-state index in [9.17, 15) is 14.7 Å². The van der Waals surface area contributed by atoms with Crippen molar-refractivity contribution in [3.63, 3.8) is 0 Å². The van der Waals surface area contributed by atoms with Crippen LogP contribution in [0.15, 0.2) is 4.79 Å². The van der Waals surface area contributed by atoms with Crippen molar-refractivity contribution in [3.05, 3.63) is 25.6 Å². The topological polar surface area (TPSA) is 75.1 Å². The highest BCUT2D eigenvalue weighted by molar-refractivity contribution is 7.71. The summed E-state index contributed by atoms with van der Waals surface area (Å²) in [6, 6.07) is -0.945. The Balaban J connectivity index is 2.35. The molecule has 0 bridgehead atoms. The molecule has 2 aromatic rings. The molecule has 2 aromatic heterocycles. The second-order valence-electron chi connectivity index (χ2n) is 6.05. The number of aryl methyl sites for hydroxylation is 2. The molecule has 7 heteroatoms. The zero-order valence-corrected chi connectivity index (χ0v) is 14.1. The SMILES string of the molecule is CC(C)[C@@H](C(=O)O)n1c(=S)[nH]c2sc3c(c2c1=O)CCCC3. The second kappa shape index (κ2) is 5.62. The van der Waals surface area contributed by atoms with Crippen LogP contribution in [0.5, 0.6) is 0 Å². The van der Waals surface area contributed by atoms with Crippen molar-refractivity contribution >= 4 is 39.7 Å². The van der Waals surface area contributed by atoms with Gasteiger partial charge in [-0.2, -0.15) is 0 Å². The van der Waals surface area contributed by atoms with Crippen LogP contribution in [0.4, 0.5) is 0 Å². The number of thiophene rings is 1. The summed E-state index contributed by atoms with van der Waals surface area (Å²) in [6.07, 6.45) is 4.08. The van der Waals surface area contributed by atoms with Crippen molar-refractivity contribution in [3.8, 4) is 0 Å². The Morgan fingerprint density at radius 3 is 2.68 bits per heavy atom. The van der Waals surface area contributed by atoms with Crippen LogP contribution in [-0.4, -0.2) is 20.6 Å². The molecule has 1 aliphatic carbocycles. The van der Waals surface area contributed by atoms with Gasteiger partial charge in [-0.3, -0.25) is 9.36 Å². The maximum absolute atomic E-state index is 13.0. The number of aliphatic carboxylic acids is 1. The maximum atomic E-state index is 13.0. The third-order valence-corrected chi connectivity index (χ3v) is 5.71. The summed E-state index contributed by atoms with van der Waals surface area (Å²) in [5.41, 5.74) is 0.823. The summed E-state index contributed by atoms with van der Waals surface area (Å²) in [5.74, 6) is -1.25. The number of carbonyl (C=O) groups is 1. The number of H-pyrrole nitrogens is 1. The Morgan fingerprint density at radius 1 is 1.36 bits per heavy atom. The zero-order valence-electron chi connectivity index (χ0n) is 12.5. The lowest BCUT2D eigenvalue weighted by molar-refractivity contribution is -0.142. The molecule has 0 aromatic carbocycles. The van der Waals surface area contributed by atoms with Gasteiger partial charge in [0.2, 0.25) is 0 Å². The quantitative estimate of drug-likeness (QED) is 0.842. The van der Waals surface area contributed by atoms with Gasteiger partial charge in [0.25, 0.3) is 5.56 Å². The van der Waals surface area contributed by atoms with Gasteiger partial charge in [-0.05, 0) is 49.4 Å². The van der Waals surface area contributed by atoms with Crippen LogP contribution in [0, 0.1) is 10.7 Å². The van der Waals surface area contributed by atoms with Crippen molar-refractivity contribution in [2.24, 2.45) is 5.92 Å². The first kappa shape index (κ1) is 15.4. The number of aromatic amines is 1. The van der Waals surface area contributed by atoms with E-state index in [1.807, 2.05) is 0 Å². The van der Waals surface area contributed by atoms with Gasteiger partial charge >= 0.3 is 5.97 Å². The summed E-state index contributed by atoms with van der Waals surface area (Å²) >= 11 is 6.86. The van der Waals surface area contributed by atoms with E-state index in [-0.39, 0.29) is 16.2 Å². The molecule has 0 unspecified atom stereocenters. The summed E-state index contributed by atoms with van der Waals surface area (Å²) < 4.78 is 1.43. The predicted octanol–water partition coefficient (Wildman–Crippen LogP) is 3.28. The Labute approximate surface area is 136 Å². The average Bonchev–Trinajstić information content (AvgIpc) is 2.80. The number of hydrogen-bond donors (Lipinski definition) is 2. The molecule has 2 heterocycles. The van der Waals surface area contributed by atoms with Crippen LogP contribution in [0.1, 0.15) is 43.2 Å². The predicted molar refractivity (Wildman–Crippen MR) is 89.4 cm³/mol. The Hall–Kier alpha value is -1.47. The molecule has 22 heavy (non-hydrogen) atoms. The summed E-state index contributed by atoms with van der Waals surface area (Å²) in [5, 5.41) is 10.1. The Bertz CT molecular complexity index is 860. The number of carboxylic acids is 1. The minimum atomic E-state index is -1.03. The van der Waals surface area contributed by atoms with Crippen molar-refractivity contribution in [1.82, 2.24) is 9.55 Å². The lowest BCUT2D eigenvalue weighted by Gasteiger charge is -2.19. The minimum absolute atomic E-state index is 0.192. The van der Waals surface area contributed by atoms with Gasteiger partial charge in [0.05, 0.1) is 5.39 Å². The number of nitrogens with one attached hydrogen (secondary N) is 1. The third kappa shape index (κ3) is 2.32. The lowest BCUT2D eigenvalue weighted by atomic mass is 9.97. The molecule has 118 valence electrons. The van der Waals surface area contributed by atoms with Crippen LogP contribution < -0.4 is 5.56 Å². The van der Waals surface area contributed by atoms with Gasteiger partial charge in [-0.1, -0.05) is 13.8 Å². The van der Waals surface area contributed by atoms with Crippen molar-refractivity contribution in [2.45, 2.75) is 45.6 Å². The minimum Gasteiger partial charge on any atom is -0.480 e. The molecule has 0 saturated carbocycles. The van der Waals surface area contributed by atoms with Gasteiger partial charge in [-0.25, -0.2) is 4.79 Å². The van der Waals surface area contributed by atoms with E-state index in [0.717, 1.165) is 36.1 Å². The van der Waals surface area contributed by atoms with E-state index in [1.165, 1.54) is 9.44 Å². The number of aromatic nitrogens is 2. The fourth-order valence-electron chi connectivity index (χ4n) is 3.20. The van der Waals surface area contributed by atoms with E-state index in [0.29, 0.717) is 5.39 Å². The van der Waals surface area contributed by atoms with E-state index in [2.05, 4.69) is 4.98 Å².